The molecule has 9 heteroatoms. The van der Waals surface area contributed by atoms with Crippen molar-refractivity contribution >= 4 is 28.4 Å². The third kappa shape index (κ3) is 5.82. The summed E-state index contributed by atoms with van der Waals surface area (Å²) in [7, 11) is 0. The molecule has 1 heterocycles. The van der Waals surface area contributed by atoms with E-state index >= 15 is 0 Å². The fourth-order valence-corrected chi connectivity index (χ4v) is 4.27. The Morgan fingerprint density at radius 1 is 0.923 bits per heavy atom. The number of hydrogen-bond donors (Lipinski definition) is 3. The van der Waals surface area contributed by atoms with Gasteiger partial charge in [-0.3, -0.25) is 14.4 Å². The second-order valence-electron chi connectivity index (χ2n) is 9.07. The minimum absolute atomic E-state index is 0.0757. The van der Waals surface area contributed by atoms with Crippen molar-refractivity contribution in [3.05, 3.63) is 88.1 Å². The first kappa shape index (κ1) is 27.1. The van der Waals surface area contributed by atoms with Gasteiger partial charge >= 0.3 is 5.97 Å². The highest BCUT2D eigenvalue weighted by atomic mass is 16.5. The van der Waals surface area contributed by atoms with Gasteiger partial charge in [-0.1, -0.05) is 23.8 Å². The maximum Gasteiger partial charge on any atom is 0.322 e. The SMILES string of the molecule is CCOc1nc(C(=O)NCC(=O)O)c(O)c2ccc(Oc3c(C)cc(C(=O)c4cccc(C)c4)cc3C)cc12. The van der Waals surface area contributed by atoms with Crippen molar-refractivity contribution in [1.82, 2.24) is 10.3 Å². The van der Waals surface area contributed by atoms with Gasteiger partial charge in [0.15, 0.2) is 17.2 Å². The van der Waals surface area contributed by atoms with Crippen molar-refractivity contribution in [2.45, 2.75) is 27.7 Å². The Hall–Kier alpha value is -4.92. The summed E-state index contributed by atoms with van der Waals surface area (Å²) in [4.78, 5) is 40.5. The largest absolute Gasteiger partial charge is 0.505 e. The van der Waals surface area contributed by atoms with Crippen molar-refractivity contribution in [3.8, 4) is 23.1 Å². The number of carbonyl (C=O) groups is 3. The molecular formula is C30H28N2O7. The van der Waals surface area contributed by atoms with E-state index in [0.29, 0.717) is 28.0 Å². The number of carbonyl (C=O) groups excluding carboxylic acids is 2. The highest BCUT2D eigenvalue weighted by molar-refractivity contribution is 6.09. The molecule has 1 amide bonds. The molecule has 0 bridgehead atoms. The van der Waals surface area contributed by atoms with Crippen LogP contribution < -0.4 is 14.8 Å². The topological polar surface area (TPSA) is 135 Å². The summed E-state index contributed by atoms with van der Waals surface area (Å²) in [6.45, 7) is 7.02. The van der Waals surface area contributed by atoms with Crippen molar-refractivity contribution in [2.24, 2.45) is 0 Å². The Bertz CT molecular complexity index is 1590. The van der Waals surface area contributed by atoms with E-state index in [-0.39, 0.29) is 29.4 Å². The normalized spacial score (nSPS) is 10.8. The Balaban J connectivity index is 1.68. The van der Waals surface area contributed by atoms with E-state index in [4.69, 9.17) is 14.6 Å². The molecule has 1 aromatic heterocycles. The molecule has 0 radical (unpaired) electrons. The van der Waals surface area contributed by atoms with Crippen LogP contribution >= 0.6 is 0 Å². The fraction of sp³-hybridized carbons (Fsp3) is 0.200. The van der Waals surface area contributed by atoms with Crippen LogP contribution in [0.15, 0.2) is 54.6 Å². The number of fused-ring (bicyclic) bond motifs is 1. The summed E-state index contributed by atoms with van der Waals surface area (Å²) in [6, 6.07) is 15.8. The van der Waals surface area contributed by atoms with Crippen LogP contribution in [-0.4, -0.2) is 46.0 Å². The molecule has 0 spiro atoms. The highest BCUT2D eigenvalue weighted by Crippen LogP contribution is 2.38. The van der Waals surface area contributed by atoms with E-state index in [1.54, 1.807) is 43.3 Å². The number of nitrogens with one attached hydrogen (secondary N) is 1. The Morgan fingerprint density at radius 2 is 1.64 bits per heavy atom. The minimum atomic E-state index is -1.23. The van der Waals surface area contributed by atoms with Crippen LogP contribution in [0.25, 0.3) is 10.8 Å². The maximum atomic E-state index is 13.1. The Kier molecular flexibility index (Phi) is 7.80. The molecule has 200 valence electrons. The van der Waals surface area contributed by atoms with Gasteiger partial charge in [0, 0.05) is 16.5 Å². The monoisotopic (exact) mass is 528 g/mol. The number of carboxylic acid groups (broad SMARTS) is 1. The predicted octanol–water partition coefficient (Wildman–Crippen LogP) is 5.10. The average Bonchev–Trinajstić information content (AvgIpc) is 2.90. The average molecular weight is 529 g/mol. The molecule has 0 aliphatic carbocycles. The first-order valence-corrected chi connectivity index (χ1v) is 12.3. The molecule has 39 heavy (non-hydrogen) atoms. The van der Waals surface area contributed by atoms with Gasteiger partial charge in [0.25, 0.3) is 5.91 Å². The van der Waals surface area contributed by atoms with Crippen LogP contribution in [-0.2, 0) is 4.79 Å². The third-order valence-electron chi connectivity index (χ3n) is 6.03. The van der Waals surface area contributed by atoms with Crippen molar-refractivity contribution in [3.63, 3.8) is 0 Å². The van der Waals surface area contributed by atoms with Gasteiger partial charge in [0.05, 0.1) is 12.0 Å². The van der Waals surface area contributed by atoms with Gasteiger partial charge in [-0.15, -0.1) is 0 Å². The van der Waals surface area contributed by atoms with E-state index in [1.807, 2.05) is 39.0 Å². The lowest BCUT2D eigenvalue weighted by atomic mass is 9.97. The third-order valence-corrected chi connectivity index (χ3v) is 6.03. The summed E-state index contributed by atoms with van der Waals surface area (Å²) in [5.74, 6) is -1.46. The van der Waals surface area contributed by atoms with Crippen molar-refractivity contribution in [1.29, 1.82) is 0 Å². The van der Waals surface area contributed by atoms with Crippen LogP contribution in [0.4, 0.5) is 0 Å². The number of aromatic hydroxyl groups is 1. The summed E-state index contributed by atoms with van der Waals surface area (Å²) in [5.41, 5.74) is 3.36. The van der Waals surface area contributed by atoms with Crippen LogP contribution in [0.1, 0.15) is 50.0 Å². The Labute approximate surface area is 225 Å². The van der Waals surface area contributed by atoms with Crippen LogP contribution in [0, 0.1) is 20.8 Å². The van der Waals surface area contributed by atoms with Gasteiger partial charge in [-0.2, -0.15) is 0 Å². The summed E-state index contributed by atoms with van der Waals surface area (Å²) in [6.07, 6.45) is 0. The maximum absolute atomic E-state index is 13.1. The molecule has 0 atom stereocenters. The number of aryl methyl sites for hydroxylation is 3. The molecular weight excluding hydrogens is 500 g/mol. The quantitative estimate of drug-likeness (QED) is 0.255. The number of ketones is 1. The van der Waals surface area contributed by atoms with E-state index in [1.165, 1.54) is 0 Å². The molecule has 0 saturated carbocycles. The molecule has 0 aliphatic heterocycles. The predicted molar refractivity (Wildman–Crippen MR) is 145 cm³/mol. The van der Waals surface area contributed by atoms with Gasteiger partial charge in [-0.05, 0) is 75.2 Å². The number of carboxylic acids is 1. The van der Waals surface area contributed by atoms with Crippen molar-refractivity contribution < 1.29 is 34.1 Å². The number of nitrogens with zero attached hydrogens (tertiary/aromatic N) is 1. The molecule has 0 fully saturated rings. The molecule has 9 nitrogen and oxygen atoms in total. The lowest BCUT2D eigenvalue weighted by molar-refractivity contribution is -0.135. The zero-order valence-electron chi connectivity index (χ0n) is 22.0. The van der Waals surface area contributed by atoms with E-state index < -0.39 is 24.2 Å². The summed E-state index contributed by atoms with van der Waals surface area (Å²) >= 11 is 0. The number of ether oxygens (including phenoxy) is 2. The van der Waals surface area contributed by atoms with Gasteiger partial charge in [0.1, 0.15) is 18.0 Å². The zero-order valence-corrected chi connectivity index (χ0v) is 22.0. The first-order valence-electron chi connectivity index (χ1n) is 12.3. The Morgan fingerprint density at radius 3 is 2.28 bits per heavy atom. The highest BCUT2D eigenvalue weighted by Gasteiger charge is 2.21. The second kappa shape index (κ2) is 11.2. The second-order valence-corrected chi connectivity index (χ2v) is 9.07. The number of aromatic nitrogens is 1. The number of amides is 1. The molecule has 4 rings (SSSR count). The lowest BCUT2D eigenvalue weighted by Gasteiger charge is -2.16. The van der Waals surface area contributed by atoms with Crippen LogP contribution in [0.5, 0.6) is 23.1 Å². The number of rotatable bonds is 9. The molecule has 3 aromatic carbocycles. The first-order chi connectivity index (χ1) is 18.6. The summed E-state index contributed by atoms with van der Waals surface area (Å²) in [5, 5.41) is 22.5. The van der Waals surface area contributed by atoms with Gasteiger partial charge in [0.2, 0.25) is 5.88 Å². The van der Waals surface area contributed by atoms with Crippen LogP contribution in [0.3, 0.4) is 0 Å². The summed E-state index contributed by atoms with van der Waals surface area (Å²) < 4.78 is 11.8. The fourth-order valence-electron chi connectivity index (χ4n) is 4.27. The van der Waals surface area contributed by atoms with Crippen molar-refractivity contribution in [2.75, 3.05) is 13.2 Å². The molecule has 0 unspecified atom stereocenters. The molecule has 4 aromatic rings. The zero-order chi connectivity index (χ0) is 28.3. The smallest absolute Gasteiger partial charge is 0.322 e. The lowest BCUT2D eigenvalue weighted by Crippen LogP contribution is -2.30. The van der Waals surface area contributed by atoms with E-state index in [9.17, 15) is 19.5 Å². The van der Waals surface area contributed by atoms with E-state index in [2.05, 4.69) is 10.3 Å². The molecule has 3 N–H and O–H groups in total. The van der Waals surface area contributed by atoms with Gasteiger partial charge in [-0.25, -0.2) is 4.98 Å². The standard InChI is InChI=1S/C30H28N2O7/c1-5-38-30-23-14-21(9-10-22(23)27(36)25(32-30)29(37)31-15-24(33)34)39-28-17(3)12-20(13-18(28)4)26(35)19-8-6-7-16(2)11-19/h6-14,36H,5,15H2,1-4H3,(H,31,37)(H,33,34). The number of aliphatic carboxylic acids is 1. The van der Waals surface area contributed by atoms with E-state index in [0.717, 1.165) is 16.7 Å². The van der Waals surface area contributed by atoms with Gasteiger partial charge < -0.3 is 25.0 Å². The minimum Gasteiger partial charge on any atom is -0.505 e. The molecule has 0 aliphatic rings. The number of pyridine rings is 1. The molecule has 0 saturated heterocycles. The number of benzene rings is 3. The van der Waals surface area contributed by atoms with Crippen LogP contribution in [0.2, 0.25) is 0 Å². The number of hydrogen-bond acceptors (Lipinski definition) is 7.